The van der Waals surface area contributed by atoms with E-state index in [9.17, 15) is 0 Å². The molecule has 134 valence electrons. The van der Waals surface area contributed by atoms with E-state index in [1.165, 1.54) is 25.7 Å². The normalized spacial score (nSPS) is 25.8. The largest absolute Gasteiger partial charge is 0.378 e. The summed E-state index contributed by atoms with van der Waals surface area (Å²) in [7, 11) is 3.80. The average Bonchev–Trinajstić information content (AvgIpc) is 3.21. The standard InChI is InChI=1S/C17H30N6O/c1-5-24-14-10-13(17(14)8-6-7-9-17)20-16(18-3)19-11-15-22-21-12(2)23(15)4/h13-14H,5-11H2,1-4H3,(H2,18,19,20). The third-order valence-electron chi connectivity index (χ3n) is 5.82. The van der Waals surface area contributed by atoms with Crippen LogP contribution in [0.2, 0.25) is 0 Å². The number of hydrogen-bond donors (Lipinski definition) is 2. The molecular weight excluding hydrogens is 304 g/mol. The highest BCUT2D eigenvalue weighted by molar-refractivity contribution is 5.80. The number of aliphatic imine (C=N–C) groups is 1. The number of hydrogen-bond acceptors (Lipinski definition) is 4. The summed E-state index contributed by atoms with van der Waals surface area (Å²) in [5, 5.41) is 15.3. The third-order valence-corrected chi connectivity index (χ3v) is 5.82. The molecule has 3 rings (SSSR count). The van der Waals surface area contributed by atoms with Crippen LogP contribution in [0.1, 0.15) is 50.7 Å². The van der Waals surface area contributed by atoms with Crippen molar-refractivity contribution in [1.82, 2.24) is 25.4 Å². The van der Waals surface area contributed by atoms with Crippen LogP contribution in [0.15, 0.2) is 4.99 Å². The van der Waals surface area contributed by atoms with Crippen LogP contribution in [0.3, 0.4) is 0 Å². The molecule has 1 aromatic rings. The number of nitrogens with zero attached hydrogens (tertiary/aromatic N) is 4. The molecule has 0 amide bonds. The molecule has 1 aromatic heterocycles. The summed E-state index contributed by atoms with van der Waals surface area (Å²) in [6.07, 6.45) is 6.61. The molecule has 0 aromatic carbocycles. The molecule has 2 aliphatic carbocycles. The maximum Gasteiger partial charge on any atom is 0.191 e. The van der Waals surface area contributed by atoms with Gasteiger partial charge in [0.2, 0.25) is 0 Å². The Bertz CT molecular complexity index is 590. The van der Waals surface area contributed by atoms with Crippen molar-refractivity contribution in [3.63, 3.8) is 0 Å². The van der Waals surface area contributed by atoms with Gasteiger partial charge in [0.1, 0.15) is 5.82 Å². The van der Waals surface area contributed by atoms with Crippen molar-refractivity contribution >= 4 is 5.96 Å². The fourth-order valence-electron chi connectivity index (χ4n) is 4.22. The molecule has 1 spiro atoms. The molecule has 2 unspecified atom stereocenters. The highest BCUT2D eigenvalue weighted by atomic mass is 16.5. The predicted molar refractivity (Wildman–Crippen MR) is 93.8 cm³/mol. The monoisotopic (exact) mass is 334 g/mol. The van der Waals surface area contributed by atoms with Gasteiger partial charge in [0, 0.05) is 32.2 Å². The number of rotatable bonds is 5. The first-order valence-corrected chi connectivity index (χ1v) is 9.04. The SMILES string of the molecule is CCOC1CC(NC(=NC)NCc2nnc(C)n2C)C12CCCC2. The zero-order chi connectivity index (χ0) is 17.2. The van der Waals surface area contributed by atoms with Gasteiger partial charge in [0.05, 0.1) is 12.6 Å². The fraction of sp³-hybridized carbons (Fsp3) is 0.824. The van der Waals surface area contributed by atoms with Crippen molar-refractivity contribution < 1.29 is 4.74 Å². The molecule has 2 N–H and O–H groups in total. The molecule has 0 aliphatic heterocycles. The van der Waals surface area contributed by atoms with E-state index in [1.54, 1.807) is 0 Å². The van der Waals surface area contributed by atoms with Gasteiger partial charge in [0.25, 0.3) is 0 Å². The van der Waals surface area contributed by atoms with E-state index < -0.39 is 0 Å². The third kappa shape index (κ3) is 3.01. The average molecular weight is 334 g/mol. The van der Waals surface area contributed by atoms with Crippen LogP contribution in [0, 0.1) is 12.3 Å². The van der Waals surface area contributed by atoms with Gasteiger partial charge in [-0.1, -0.05) is 12.8 Å². The van der Waals surface area contributed by atoms with Crippen molar-refractivity contribution in [1.29, 1.82) is 0 Å². The Morgan fingerprint density at radius 3 is 2.71 bits per heavy atom. The summed E-state index contributed by atoms with van der Waals surface area (Å²) in [6, 6.07) is 0.448. The lowest BCUT2D eigenvalue weighted by molar-refractivity contribution is -0.125. The Balaban J connectivity index is 1.58. The van der Waals surface area contributed by atoms with Gasteiger partial charge in [-0.15, -0.1) is 10.2 Å². The van der Waals surface area contributed by atoms with Crippen LogP contribution in [0.4, 0.5) is 0 Å². The molecule has 7 nitrogen and oxygen atoms in total. The maximum atomic E-state index is 5.99. The fourth-order valence-corrected chi connectivity index (χ4v) is 4.22. The van der Waals surface area contributed by atoms with Crippen LogP contribution in [0.5, 0.6) is 0 Å². The molecular formula is C17H30N6O. The predicted octanol–water partition coefficient (Wildman–Crippen LogP) is 1.53. The molecule has 2 aliphatic rings. The molecule has 1 heterocycles. The van der Waals surface area contributed by atoms with Crippen LogP contribution in [-0.4, -0.2) is 46.5 Å². The van der Waals surface area contributed by atoms with E-state index in [-0.39, 0.29) is 0 Å². The topological polar surface area (TPSA) is 76.4 Å². The number of aromatic nitrogens is 3. The second-order valence-corrected chi connectivity index (χ2v) is 6.97. The molecule has 0 radical (unpaired) electrons. The zero-order valence-corrected chi connectivity index (χ0v) is 15.3. The van der Waals surface area contributed by atoms with Gasteiger partial charge in [-0.25, -0.2) is 0 Å². The highest BCUT2D eigenvalue weighted by Crippen LogP contribution is 2.54. The number of nitrogens with one attached hydrogen (secondary N) is 2. The van der Waals surface area contributed by atoms with Gasteiger partial charge >= 0.3 is 0 Å². The van der Waals surface area contributed by atoms with Crippen LogP contribution in [0.25, 0.3) is 0 Å². The summed E-state index contributed by atoms with van der Waals surface area (Å²) < 4.78 is 7.98. The zero-order valence-electron chi connectivity index (χ0n) is 15.3. The smallest absolute Gasteiger partial charge is 0.191 e. The Hall–Kier alpha value is -1.63. The molecule has 2 fully saturated rings. The quantitative estimate of drug-likeness (QED) is 0.631. The van der Waals surface area contributed by atoms with Gasteiger partial charge in [0.15, 0.2) is 11.8 Å². The highest BCUT2D eigenvalue weighted by Gasteiger charge is 2.56. The van der Waals surface area contributed by atoms with Gasteiger partial charge in [-0.05, 0) is 33.1 Å². The first-order valence-electron chi connectivity index (χ1n) is 9.04. The van der Waals surface area contributed by atoms with Crippen molar-refractivity contribution in [2.24, 2.45) is 17.5 Å². The van der Waals surface area contributed by atoms with E-state index in [0.29, 0.717) is 24.1 Å². The summed E-state index contributed by atoms with van der Waals surface area (Å²) in [6.45, 7) is 5.46. The van der Waals surface area contributed by atoms with Crippen molar-refractivity contribution in [2.75, 3.05) is 13.7 Å². The Morgan fingerprint density at radius 2 is 2.12 bits per heavy atom. The van der Waals surface area contributed by atoms with Crippen molar-refractivity contribution in [3.8, 4) is 0 Å². The van der Waals surface area contributed by atoms with E-state index in [2.05, 4.69) is 32.7 Å². The van der Waals surface area contributed by atoms with Crippen LogP contribution < -0.4 is 10.6 Å². The lowest BCUT2D eigenvalue weighted by Crippen LogP contribution is -2.65. The maximum absolute atomic E-state index is 5.99. The van der Waals surface area contributed by atoms with Crippen molar-refractivity contribution in [3.05, 3.63) is 11.6 Å². The minimum absolute atomic E-state index is 0.301. The number of ether oxygens (including phenoxy) is 1. The Morgan fingerprint density at radius 1 is 1.38 bits per heavy atom. The summed E-state index contributed by atoms with van der Waals surface area (Å²) in [5.41, 5.74) is 0.301. The van der Waals surface area contributed by atoms with E-state index >= 15 is 0 Å². The lowest BCUT2D eigenvalue weighted by atomic mass is 9.60. The molecule has 7 heteroatoms. The summed E-state index contributed by atoms with van der Waals surface area (Å²) in [5.74, 6) is 2.66. The Labute approximate surface area is 144 Å². The second-order valence-electron chi connectivity index (χ2n) is 6.97. The first kappa shape index (κ1) is 17.2. The summed E-state index contributed by atoms with van der Waals surface area (Å²) in [4.78, 5) is 4.38. The number of guanidine groups is 1. The molecule has 2 atom stereocenters. The van der Waals surface area contributed by atoms with E-state index in [1.807, 2.05) is 25.6 Å². The molecule has 0 saturated heterocycles. The molecule has 2 saturated carbocycles. The first-order chi connectivity index (χ1) is 11.6. The second kappa shape index (κ2) is 7.09. The lowest BCUT2D eigenvalue weighted by Gasteiger charge is -2.54. The molecule has 24 heavy (non-hydrogen) atoms. The van der Waals surface area contributed by atoms with E-state index in [4.69, 9.17) is 4.74 Å². The van der Waals surface area contributed by atoms with Gasteiger partial charge in [-0.2, -0.15) is 0 Å². The minimum Gasteiger partial charge on any atom is -0.378 e. The van der Waals surface area contributed by atoms with Gasteiger partial charge < -0.3 is 19.9 Å². The van der Waals surface area contributed by atoms with Gasteiger partial charge in [-0.3, -0.25) is 4.99 Å². The molecule has 0 bridgehead atoms. The van der Waals surface area contributed by atoms with Crippen LogP contribution >= 0.6 is 0 Å². The Kier molecular flexibility index (Phi) is 5.08. The van der Waals surface area contributed by atoms with Crippen molar-refractivity contribution in [2.45, 2.75) is 64.6 Å². The minimum atomic E-state index is 0.301. The van der Waals surface area contributed by atoms with Crippen LogP contribution in [-0.2, 0) is 18.3 Å². The summed E-state index contributed by atoms with van der Waals surface area (Å²) >= 11 is 0. The number of aryl methyl sites for hydroxylation is 1. The van der Waals surface area contributed by atoms with E-state index in [0.717, 1.165) is 30.6 Å².